The second-order valence-corrected chi connectivity index (χ2v) is 4.81. The minimum Gasteiger partial charge on any atom is -0.324 e. The Labute approximate surface area is 116 Å². The topological polar surface area (TPSA) is 26.0 Å². The van der Waals surface area contributed by atoms with E-state index in [0.717, 1.165) is 24.6 Å². The second kappa shape index (κ2) is 7.10. The summed E-state index contributed by atoms with van der Waals surface area (Å²) in [7, 11) is 0. The number of nitrogens with two attached hydrogens (primary N) is 1. The van der Waals surface area contributed by atoms with Crippen LogP contribution in [0.25, 0.3) is 0 Å². The predicted molar refractivity (Wildman–Crippen MR) is 69.7 cm³/mol. The zero-order valence-electron chi connectivity index (χ0n) is 10.8. The lowest BCUT2D eigenvalue weighted by atomic mass is 9.96. The highest BCUT2D eigenvalue weighted by molar-refractivity contribution is 5.85. The predicted octanol–water partition coefficient (Wildman–Crippen LogP) is 4.70. The van der Waals surface area contributed by atoms with Crippen LogP contribution in [-0.4, -0.2) is 0 Å². The highest BCUT2D eigenvalue weighted by Gasteiger charge is 2.31. The van der Waals surface area contributed by atoms with Gasteiger partial charge in [0.1, 0.15) is 5.82 Å². The van der Waals surface area contributed by atoms with E-state index >= 15 is 0 Å². The van der Waals surface area contributed by atoms with Crippen LogP contribution in [0.1, 0.15) is 43.9 Å². The van der Waals surface area contributed by atoms with Crippen LogP contribution >= 0.6 is 12.4 Å². The van der Waals surface area contributed by atoms with Gasteiger partial charge in [0, 0.05) is 11.6 Å². The fourth-order valence-electron chi connectivity index (χ4n) is 1.67. The van der Waals surface area contributed by atoms with Crippen molar-refractivity contribution in [3.63, 3.8) is 0 Å². The fourth-order valence-corrected chi connectivity index (χ4v) is 1.67. The van der Waals surface area contributed by atoms with Crippen LogP contribution in [-0.2, 0) is 6.18 Å². The first kappa shape index (κ1) is 18.2. The zero-order valence-corrected chi connectivity index (χ0v) is 11.6. The van der Waals surface area contributed by atoms with Gasteiger partial charge < -0.3 is 5.73 Å². The molecule has 0 aliphatic carbocycles. The van der Waals surface area contributed by atoms with Crippen molar-refractivity contribution >= 4 is 12.4 Å². The van der Waals surface area contributed by atoms with Crippen molar-refractivity contribution in [3.05, 3.63) is 35.1 Å². The molecule has 1 atom stereocenters. The van der Waals surface area contributed by atoms with Gasteiger partial charge in [0.25, 0.3) is 0 Å². The molecular weight excluding hydrogens is 282 g/mol. The molecule has 6 heteroatoms. The summed E-state index contributed by atoms with van der Waals surface area (Å²) in [4.78, 5) is 0. The molecule has 0 saturated heterocycles. The molecule has 1 nitrogen and oxygen atoms in total. The minimum atomic E-state index is -4.47. The normalized spacial score (nSPS) is 13.3. The quantitative estimate of drug-likeness (QED) is 0.801. The number of alkyl halides is 3. The monoisotopic (exact) mass is 299 g/mol. The van der Waals surface area contributed by atoms with E-state index in [4.69, 9.17) is 5.73 Å². The third-order valence-electron chi connectivity index (χ3n) is 2.78. The average molecular weight is 300 g/mol. The molecule has 19 heavy (non-hydrogen) atoms. The maximum absolute atomic E-state index is 13.5. The van der Waals surface area contributed by atoms with E-state index in [-0.39, 0.29) is 18.0 Å². The van der Waals surface area contributed by atoms with Crippen molar-refractivity contribution in [2.24, 2.45) is 11.7 Å². The fraction of sp³-hybridized carbons (Fsp3) is 0.538. The molecule has 0 bridgehead atoms. The molecule has 1 aromatic rings. The lowest BCUT2D eigenvalue weighted by Crippen LogP contribution is -2.15. The number of halogens is 5. The number of hydrogen-bond acceptors (Lipinski definition) is 1. The third kappa shape index (κ3) is 5.37. The summed E-state index contributed by atoms with van der Waals surface area (Å²) in [6.45, 7) is 3.96. The Hall–Kier alpha value is -0.810. The molecule has 0 unspecified atom stereocenters. The molecule has 0 fully saturated rings. The Balaban J connectivity index is 0.00000324. The third-order valence-corrected chi connectivity index (χ3v) is 2.78. The van der Waals surface area contributed by atoms with Crippen molar-refractivity contribution < 1.29 is 17.6 Å². The smallest absolute Gasteiger partial charge is 0.324 e. The van der Waals surface area contributed by atoms with E-state index in [9.17, 15) is 17.6 Å². The summed E-state index contributed by atoms with van der Waals surface area (Å²) in [5.74, 6) is -0.302. The molecule has 1 aromatic carbocycles. The SMILES string of the molecule is CC(C)CC[C@H](N)c1cc(C(F)(F)F)ccc1F.Cl. The van der Waals surface area contributed by atoms with Crippen LogP contribution in [0.4, 0.5) is 17.6 Å². The molecule has 0 radical (unpaired) electrons. The van der Waals surface area contributed by atoms with Gasteiger partial charge in [0.05, 0.1) is 5.56 Å². The molecule has 110 valence electrons. The molecule has 0 spiro atoms. The molecular formula is C13H18ClF4N. The first-order valence-electron chi connectivity index (χ1n) is 5.84. The van der Waals surface area contributed by atoms with Crippen molar-refractivity contribution in [1.29, 1.82) is 0 Å². The maximum Gasteiger partial charge on any atom is 0.416 e. The number of benzene rings is 1. The summed E-state index contributed by atoms with van der Waals surface area (Å²) in [6.07, 6.45) is -3.26. The van der Waals surface area contributed by atoms with E-state index in [1.807, 2.05) is 13.8 Å². The van der Waals surface area contributed by atoms with Crippen molar-refractivity contribution in [2.75, 3.05) is 0 Å². The lowest BCUT2D eigenvalue weighted by Gasteiger charge is -2.16. The van der Waals surface area contributed by atoms with Crippen molar-refractivity contribution in [2.45, 2.75) is 38.9 Å². The van der Waals surface area contributed by atoms with Gasteiger partial charge in [-0.1, -0.05) is 13.8 Å². The molecule has 1 rings (SSSR count). The number of hydrogen-bond donors (Lipinski definition) is 1. The summed E-state index contributed by atoms with van der Waals surface area (Å²) in [5.41, 5.74) is 4.82. The Bertz CT molecular complexity index is 404. The first-order valence-corrected chi connectivity index (χ1v) is 5.84. The van der Waals surface area contributed by atoms with Crippen LogP contribution in [0.15, 0.2) is 18.2 Å². The van der Waals surface area contributed by atoms with Gasteiger partial charge in [-0.2, -0.15) is 13.2 Å². The molecule has 0 aromatic heterocycles. The van der Waals surface area contributed by atoms with Crippen LogP contribution < -0.4 is 5.73 Å². The van der Waals surface area contributed by atoms with Crippen molar-refractivity contribution in [3.8, 4) is 0 Å². The largest absolute Gasteiger partial charge is 0.416 e. The second-order valence-electron chi connectivity index (χ2n) is 4.81. The van der Waals surface area contributed by atoms with Gasteiger partial charge in [-0.25, -0.2) is 4.39 Å². The van der Waals surface area contributed by atoms with E-state index in [1.165, 1.54) is 0 Å². The van der Waals surface area contributed by atoms with Gasteiger partial charge in [0.15, 0.2) is 0 Å². The Morgan fingerprint density at radius 3 is 2.21 bits per heavy atom. The Morgan fingerprint density at radius 1 is 1.16 bits per heavy atom. The van der Waals surface area contributed by atoms with Crippen molar-refractivity contribution in [1.82, 2.24) is 0 Å². The van der Waals surface area contributed by atoms with E-state index in [0.29, 0.717) is 12.3 Å². The van der Waals surface area contributed by atoms with Gasteiger partial charge in [0.2, 0.25) is 0 Å². The van der Waals surface area contributed by atoms with Gasteiger partial charge in [-0.15, -0.1) is 12.4 Å². The minimum absolute atomic E-state index is 0. The molecule has 0 amide bonds. The average Bonchev–Trinajstić information content (AvgIpc) is 2.24. The Kier molecular flexibility index (Phi) is 6.80. The molecule has 0 aliphatic rings. The maximum atomic E-state index is 13.5. The highest BCUT2D eigenvalue weighted by atomic mass is 35.5. The van der Waals surface area contributed by atoms with Gasteiger partial charge in [-0.3, -0.25) is 0 Å². The first-order chi connectivity index (χ1) is 8.21. The van der Waals surface area contributed by atoms with Crippen LogP contribution in [0.5, 0.6) is 0 Å². The van der Waals surface area contributed by atoms with Gasteiger partial charge in [-0.05, 0) is 37.0 Å². The van der Waals surface area contributed by atoms with Crippen LogP contribution in [0.3, 0.4) is 0 Å². The molecule has 2 N–H and O–H groups in total. The molecule has 0 heterocycles. The highest BCUT2D eigenvalue weighted by Crippen LogP contribution is 2.32. The zero-order chi connectivity index (χ0) is 13.9. The van der Waals surface area contributed by atoms with Crippen LogP contribution in [0, 0.1) is 11.7 Å². The summed E-state index contributed by atoms with van der Waals surface area (Å²) in [5, 5.41) is 0. The standard InChI is InChI=1S/C13H17F4N.ClH/c1-8(2)3-6-12(18)10-7-9(13(15,16)17)4-5-11(10)14;/h4-5,7-8,12H,3,6,18H2,1-2H3;1H/t12-;/m0./s1. The molecule has 0 saturated carbocycles. The summed E-state index contributed by atoms with van der Waals surface area (Å²) < 4.78 is 51.0. The van der Waals surface area contributed by atoms with E-state index in [1.54, 1.807) is 0 Å². The summed E-state index contributed by atoms with van der Waals surface area (Å²) >= 11 is 0. The van der Waals surface area contributed by atoms with Gasteiger partial charge >= 0.3 is 6.18 Å². The Morgan fingerprint density at radius 2 is 1.74 bits per heavy atom. The van der Waals surface area contributed by atoms with E-state index < -0.39 is 23.6 Å². The number of rotatable bonds is 4. The lowest BCUT2D eigenvalue weighted by molar-refractivity contribution is -0.137. The van der Waals surface area contributed by atoms with Crippen LogP contribution in [0.2, 0.25) is 0 Å². The van der Waals surface area contributed by atoms with E-state index in [2.05, 4.69) is 0 Å². The molecule has 0 aliphatic heterocycles. The summed E-state index contributed by atoms with van der Waals surface area (Å²) in [6, 6.07) is 1.66.